The molecule has 0 bridgehead atoms. The molecule has 0 spiro atoms. The van der Waals surface area contributed by atoms with E-state index in [-0.39, 0.29) is 31.8 Å². The van der Waals surface area contributed by atoms with Crippen LogP contribution in [0.5, 0.6) is 0 Å². The van der Waals surface area contributed by atoms with Crippen molar-refractivity contribution in [1.82, 2.24) is 30.7 Å². The van der Waals surface area contributed by atoms with E-state index in [9.17, 15) is 28.8 Å². The molecule has 6 amide bonds. The molecular formula is C40H50N6O6S. The second-order valence-corrected chi connectivity index (χ2v) is 14.5. The molecule has 1 heterocycles. The van der Waals surface area contributed by atoms with Crippen LogP contribution in [0.4, 0.5) is 0 Å². The number of thioether (sulfide) groups is 1. The maximum absolute atomic E-state index is 14.3. The molecule has 0 saturated carbocycles. The maximum atomic E-state index is 14.3. The largest absolute Gasteiger partial charge is 0.343 e. The third-order valence-corrected chi connectivity index (χ3v) is 10.8. The van der Waals surface area contributed by atoms with Gasteiger partial charge in [0.25, 0.3) is 0 Å². The lowest BCUT2D eigenvalue weighted by Crippen LogP contribution is -2.56. The van der Waals surface area contributed by atoms with E-state index in [2.05, 4.69) is 16.0 Å². The quantitative estimate of drug-likeness (QED) is 0.286. The van der Waals surface area contributed by atoms with Gasteiger partial charge in [-0.05, 0) is 29.5 Å². The zero-order valence-electron chi connectivity index (χ0n) is 31.0. The predicted octanol–water partition coefficient (Wildman–Crippen LogP) is 2.77. The lowest BCUT2D eigenvalue weighted by Gasteiger charge is -2.37. The van der Waals surface area contributed by atoms with Crippen LogP contribution in [0.1, 0.15) is 49.8 Å². The zero-order valence-corrected chi connectivity index (χ0v) is 31.9. The standard InChI is InChI=1S/C40H50N6O6S/c1-6-17-32-38(51)45(4)26-36(49)43-33(39(52)46(5)24-34(47)41-31(7-2)37(50)44(3)25-35(48)42-32)27-53-40(28-18-11-8-12-19-28,29-20-13-9-14-21-29)30-22-15-10-16-23-30/h8-16,18-23,31-33H,6-7,17,24-27H2,1-5H3,(H,41,47)(H,42,48)(H,43,49)/t31-,32-,33-/m0/s1. The summed E-state index contributed by atoms with van der Waals surface area (Å²) in [6, 6.07) is 26.7. The lowest BCUT2D eigenvalue weighted by molar-refractivity contribution is -0.142. The van der Waals surface area contributed by atoms with E-state index < -0.39 is 58.3 Å². The van der Waals surface area contributed by atoms with Gasteiger partial charge < -0.3 is 30.7 Å². The van der Waals surface area contributed by atoms with Gasteiger partial charge in [0.15, 0.2) is 0 Å². The van der Waals surface area contributed by atoms with Gasteiger partial charge in [0.2, 0.25) is 35.4 Å². The first-order valence-electron chi connectivity index (χ1n) is 17.8. The molecule has 12 nitrogen and oxygen atoms in total. The van der Waals surface area contributed by atoms with Gasteiger partial charge in [0, 0.05) is 26.9 Å². The monoisotopic (exact) mass is 742 g/mol. The number of nitrogens with zero attached hydrogens (tertiary/aromatic N) is 3. The van der Waals surface area contributed by atoms with Crippen LogP contribution in [0.3, 0.4) is 0 Å². The number of carbonyl (C=O) groups is 6. The molecule has 0 radical (unpaired) electrons. The predicted molar refractivity (Wildman–Crippen MR) is 206 cm³/mol. The van der Waals surface area contributed by atoms with E-state index in [1.807, 2.05) is 97.9 Å². The highest BCUT2D eigenvalue weighted by molar-refractivity contribution is 8.00. The summed E-state index contributed by atoms with van der Waals surface area (Å²) >= 11 is 1.47. The number of benzene rings is 3. The van der Waals surface area contributed by atoms with E-state index in [0.29, 0.717) is 12.8 Å². The first-order chi connectivity index (χ1) is 25.4. The third-order valence-electron chi connectivity index (χ3n) is 9.16. The summed E-state index contributed by atoms with van der Waals surface area (Å²) in [5, 5.41) is 8.26. The van der Waals surface area contributed by atoms with Crippen molar-refractivity contribution in [2.24, 2.45) is 0 Å². The lowest BCUT2D eigenvalue weighted by atomic mass is 9.84. The Hall–Kier alpha value is -5.17. The van der Waals surface area contributed by atoms with Gasteiger partial charge in [0.1, 0.15) is 18.1 Å². The van der Waals surface area contributed by atoms with Gasteiger partial charge in [-0.15, -0.1) is 11.8 Å². The number of nitrogens with one attached hydrogen (secondary N) is 3. The number of carbonyl (C=O) groups excluding carboxylic acids is 6. The molecule has 0 aliphatic carbocycles. The molecule has 1 aliphatic heterocycles. The molecule has 3 aromatic carbocycles. The second-order valence-electron chi connectivity index (χ2n) is 13.2. The Morgan fingerprint density at radius 1 is 0.547 bits per heavy atom. The minimum atomic E-state index is -1.12. The normalized spacial score (nSPS) is 20.3. The smallest absolute Gasteiger partial charge is 0.246 e. The first-order valence-corrected chi connectivity index (χ1v) is 18.8. The summed E-state index contributed by atoms with van der Waals surface area (Å²) < 4.78 is -0.810. The van der Waals surface area contributed by atoms with Crippen LogP contribution >= 0.6 is 11.8 Å². The van der Waals surface area contributed by atoms with Gasteiger partial charge >= 0.3 is 0 Å². The molecule has 282 valence electrons. The summed E-state index contributed by atoms with van der Waals surface area (Å²) in [6.45, 7) is 2.49. The molecule has 13 heteroatoms. The summed E-state index contributed by atoms with van der Waals surface area (Å²) in [7, 11) is 4.37. The highest BCUT2D eigenvalue weighted by Crippen LogP contribution is 2.48. The van der Waals surface area contributed by atoms with Crippen molar-refractivity contribution in [2.45, 2.75) is 56.0 Å². The highest BCUT2D eigenvalue weighted by Gasteiger charge is 2.39. The molecule has 4 rings (SSSR count). The number of hydrogen-bond acceptors (Lipinski definition) is 7. The molecule has 3 N–H and O–H groups in total. The minimum Gasteiger partial charge on any atom is -0.343 e. The number of amides is 6. The zero-order chi connectivity index (χ0) is 38.5. The van der Waals surface area contributed by atoms with E-state index in [4.69, 9.17) is 0 Å². The molecule has 0 aromatic heterocycles. The van der Waals surface area contributed by atoms with Crippen LogP contribution in [0.2, 0.25) is 0 Å². The summed E-state index contributed by atoms with van der Waals surface area (Å²) in [6.07, 6.45) is 1.12. The Balaban J connectivity index is 1.74. The fourth-order valence-electron chi connectivity index (χ4n) is 6.43. The van der Waals surface area contributed by atoms with E-state index in [1.165, 1.54) is 47.6 Å². The van der Waals surface area contributed by atoms with Crippen LogP contribution in [0, 0.1) is 0 Å². The van der Waals surface area contributed by atoms with Crippen LogP contribution in [0.25, 0.3) is 0 Å². The van der Waals surface area contributed by atoms with E-state index >= 15 is 0 Å². The Bertz CT molecular complexity index is 1630. The first kappa shape index (κ1) is 40.6. The van der Waals surface area contributed by atoms with Crippen LogP contribution in [-0.4, -0.2) is 115 Å². The second kappa shape index (κ2) is 19.1. The fourth-order valence-corrected chi connectivity index (χ4v) is 7.98. The van der Waals surface area contributed by atoms with Crippen molar-refractivity contribution in [1.29, 1.82) is 0 Å². The Kier molecular flexibility index (Phi) is 14.6. The van der Waals surface area contributed by atoms with Crippen LogP contribution in [0.15, 0.2) is 91.0 Å². The van der Waals surface area contributed by atoms with Crippen molar-refractivity contribution in [2.75, 3.05) is 46.5 Å². The van der Waals surface area contributed by atoms with Gasteiger partial charge in [0.05, 0.1) is 24.4 Å². The molecule has 1 fully saturated rings. The molecular weight excluding hydrogens is 693 g/mol. The molecule has 1 aliphatic rings. The third kappa shape index (κ3) is 10.2. The maximum Gasteiger partial charge on any atom is 0.246 e. The van der Waals surface area contributed by atoms with Gasteiger partial charge in [-0.1, -0.05) is 111 Å². The van der Waals surface area contributed by atoms with Gasteiger partial charge in [-0.3, -0.25) is 28.8 Å². The van der Waals surface area contributed by atoms with E-state index in [1.54, 1.807) is 6.92 Å². The summed E-state index contributed by atoms with van der Waals surface area (Å²) in [5.74, 6) is -3.10. The van der Waals surface area contributed by atoms with E-state index in [0.717, 1.165) is 16.7 Å². The molecule has 3 atom stereocenters. The van der Waals surface area contributed by atoms with Crippen LogP contribution in [-0.2, 0) is 33.5 Å². The molecule has 53 heavy (non-hydrogen) atoms. The fraction of sp³-hybridized carbons (Fsp3) is 0.400. The topological polar surface area (TPSA) is 148 Å². The average Bonchev–Trinajstić information content (AvgIpc) is 3.16. The van der Waals surface area contributed by atoms with Crippen LogP contribution < -0.4 is 16.0 Å². The summed E-state index contributed by atoms with van der Waals surface area (Å²) in [4.78, 5) is 84.7. The van der Waals surface area contributed by atoms with Crippen molar-refractivity contribution in [3.63, 3.8) is 0 Å². The van der Waals surface area contributed by atoms with Crippen molar-refractivity contribution in [3.05, 3.63) is 108 Å². The molecule has 3 aromatic rings. The Labute approximate surface area is 316 Å². The Morgan fingerprint density at radius 2 is 0.887 bits per heavy atom. The van der Waals surface area contributed by atoms with Crippen molar-refractivity contribution < 1.29 is 28.8 Å². The highest BCUT2D eigenvalue weighted by atomic mass is 32.2. The number of hydrogen-bond donors (Lipinski definition) is 3. The minimum absolute atomic E-state index is 0.0856. The summed E-state index contributed by atoms with van der Waals surface area (Å²) in [5.41, 5.74) is 2.89. The molecule has 1 saturated heterocycles. The molecule has 0 unspecified atom stereocenters. The van der Waals surface area contributed by atoms with Crippen molar-refractivity contribution >= 4 is 47.2 Å². The average molecular weight is 743 g/mol. The number of likely N-dealkylation sites (N-methyl/N-ethyl adjacent to an activating group) is 3. The SMILES string of the molecule is CCC[C@@H]1NC(=O)CN(C)C(=O)[C@H](CC)NC(=O)CN(C)C(=O)[C@H](CSC(c2ccccc2)(c2ccccc2)c2ccccc2)NC(=O)CN(C)C1=O. The van der Waals surface area contributed by atoms with Gasteiger partial charge in [-0.25, -0.2) is 0 Å². The Morgan fingerprint density at radius 3 is 1.26 bits per heavy atom. The number of rotatable bonds is 9. The van der Waals surface area contributed by atoms with Gasteiger partial charge in [-0.2, -0.15) is 0 Å². The van der Waals surface area contributed by atoms with Crippen molar-refractivity contribution in [3.8, 4) is 0 Å².